The molecule has 0 spiro atoms. The Labute approximate surface area is 190 Å². The maximum atomic E-state index is 13.0. The van der Waals surface area contributed by atoms with Gasteiger partial charge >= 0.3 is 0 Å². The highest BCUT2D eigenvalue weighted by atomic mass is 35.5. The molecule has 1 aliphatic heterocycles. The molecule has 5 heterocycles. The van der Waals surface area contributed by atoms with Gasteiger partial charge in [0.1, 0.15) is 5.65 Å². The van der Waals surface area contributed by atoms with Gasteiger partial charge in [-0.15, -0.1) is 0 Å². The lowest BCUT2D eigenvalue weighted by Gasteiger charge is -2.40. The molecule has 4 aromatic heterocycles. The van der Waals surface area contributed by atoms with Crippen molar-refractivity contribution in [1.29, 1.82) is 0 Å². The zero-order chi connectivity index (χ0) is 22.4. The lowest BCUT2D eigenvalue weighted by molar-refractivity contribution is 0.146. The minimum Gasteiger partial charge on any atom is -0.395 e. The Kier molecular flexibility index (Phi) is 5.36. The third kappa shape index (κ3) is 3.74. The fourth-order valence-corrected chi connectivity index (χ4v) is 4.69. The fourth-order valence-electron chi connectivity index (χ4n) is 4.44. The summed E-state index contributed by atoms with van der Waals surface area (Å²) in [7, 11) is 0. The van der Waals surface area contributed by atoms with E-state index in [4.69, 9.17) is 16.6 Å². The fraction of sp³-hybridized carbons (Fsp3) is 0.348. The second-order valence-corrected chi connectivity index (χ2v) is 8.75. The average molecular weight is 453 g/mol. The van der Waals surface area contributed by atoms with Crippen molar-refractivity contribution in [2.45, 2.75) is 19.9 Å². The number of β-amino-alcohol motifs (C(OH)–C–C–N with tert-alkyl or cyclic N) is 1. The van der Waals surface area contributed by atoms with Gasteiger partial charge in [0.15, 0.2) is 5.65 Å². The molecule has 32 heavy (non-hydrogen) atoms. The van der Waals surface area contributed by atoms with Gasteiger partial charge in [0.2, 0.25) is 0 Å². The van der Waals surface area contributed by atoms with Crippen LogP contribution >= 0.6 is 11.6 Å². The number of halogens is 1. The van der Waals surface area contributed by atoms with Gasteiger partial charge in [-0.25, -0.2) is 9.97 Å². The van der Waals surface area contributed by atoms with Crippen LogP contribution in [0, 0.1) is 6.92 Å². The molecule has 0 amide bonds. The highest BCUT2D eigenvalue weighted by molar-refractivity contribution is 6.33. The molecule has 166 valence electrons. The number of rotatable bonds is 4. The van der Waals surface area contributed by atoms with Gasteiger partial charge in [-0.2, -0.15) is 0 Å². The number of pyridine rings is 2. The van der Waals surface area contributed by atoms with Gasteiger partial charge < -0.3 is 14.4 Å². The topological polar surface area (TPSA) is 78.4 Å². The van der Waals surface area contributed by atoms with E-state index in [9.17, 15) is 9.90 Å². The van der Waals surface area contributed by atoms with Gasteiger partial charge in [-0.05, 0) is 32.0 Å². The number of fused-ring (bicyclic) bond motifs is 2. The maximum absolute atomic E-state index is 13.0. The third-order valence-electron chi connectivity index (χ3n) is 6.08. The van der Waals surface area contributed by atoms with Crippen molar-refractivity contribution >= 4 is 28.6 Å². The summed E-state index contributed by atoms with van der Waals surface area (Å²) in [5, 5.41) is 9.75. The molecular weight excluding hydrogens is 428 g/mol. The first-order valence-corrected chi connectivity index (χ1v) is 11.1. The van der Waals surface area contributed by atoms with E-state index >= 15 is 0 Å². The molecule has 1 fully saturated rings. The minimum atomic E-state index is -0.142. The SMILES string of the molecule is Cc1cn2cc(-c3cc(=O)n4cc(N5CCN(CCO)[C@@H](C)C5)ccc4n3)cc(Cl)c2n1. The Morgan fingerprint density at radius 2 is 2.00 bits per heavy atom. The molecule has 0 aromatic carbocycles. The van der Waals surface area contributed by atoms with E-state index in [1.54, 1.807) is 16.5 Å². The van der Waals surface area contributed by atoms with Gasteiger partial charge in [-0.3, -0.25) is 14.1 Å². The van der Waals surface area contributed by atoms with E-state index in [0.29, 0.717) is 34.6 Å². The molecule has 1 aliphatic rings. The number of aromatic nitrogens is 4. The monoisotopic (exact) mass is 452 g/mol. The van der Waals surface area contributed by atoms with E-state index in [1.807, 2.05) is 42.0 Å². The van der Waals surface area contributed by atoms with Crippen LogP contribution in [-0.2, 0) is 0 Å². The van der Waals surface area contributed by atoms with Crippen LogP contribution in [0.15, 0.2) is 47.7 Å². The summed E-state index contributed by atoms with van der Waals surface area (Å²) in [5.74, 6) is 0. The van der Waals surface area contributed by atoms with Crippen molar-refractivity contribution < 1.29 is 5.11 Å². The molecule has 9 heteroatoms. The van der Waals surface area contributed by atoms with E-state index in [0.717, 1.165) is 36.6 Å². The number of anilines is 1. The highest BCUT2D eigenvalue weighted by Gasteiger charge is 2.23. The Balaban J connectivity index is 1.49. The Morgan fingerprint density at radius 1 is 1.16 bits per heavy atom. The molecular formula is C23H25ClN6O2. The van der Waals surface area contributed by atoms with E-state index < -0.39 is 0 Å². The zero-order valence-corrected chi connectivity index (χ0v) is 18.8. The van der Waals surface area contributed by atoms with Crippen LogP contribution in [0.2, 0.25) is 5.02 Å². The number of aliphatic hydroxyl groups is 1. The van der Waals surface area contributed by atoms with Crippen LogP contribution in [0.4, 0.5) is 5.69 Å². The molecule has 0 unspecified atom stereocenters. The van der Waals surface area contributed by atoms with Gasteiger partial charge in [-0.1, -0.05) is 11.6 Å². The van der Waals surface area contributed by atoms with Gasteiger partial charge in [0.25, 0.3) is 5.56 Å². The van der Waals surface area contributed by atoms with Crippen molar-refractivity contribution in [3.63, 3.8) is 0 Å². The molecule has 0 radical (unpaired) electrons. The number of piperazine rings is 1. The Morgan fingerprint density at radius 3 is 2.78 bits per heavy atom. The van der Waals surface area contributed by atoms with Crippen molar-refractivity contribution in [3.05, 3.63) is 63.9 Å². The summed E-state index contributed by atoms with van der Waals surface area (Å²) in [4.78, 5) is 26.7. The summed E-state index contributed by atoms with van der Waals surface area (Å²) >= 11 is 6.41. The summed E-state index contributed by atoms with van der Waals surface area (Å²) in [6.45, 7) is 7.49. The van der Waals surface area contributed by atoms with Crippen molar-refractivity contribution in [2.75, 3.05) is 37.7 Å². The smallest absolute Gasteiger partial charge is 0.258 e. The molecule has 1 atom stereocenters. The van der Waals surface area contributed by atoms with Crippen molar-refractivity contribution in [2.24, 2.45) is 0 Å². The highest BCUT2D eigenvalue weighted by Crippen LogP contribution is 2.25. The zero-order valence-electron chi connectivity index (χ0n) is 18.1. The number of aliphatic hydroxyl groups excluding tert-OH is 1. The summed E-state index contributed by atoms with van der Waals surface area (Å²) in [5.41, 5.74) is 4.32. The lowest BCUT2D eigenvalue weighted by atomic mass is 10.1. The first-order valence-electron chi connectivity index (χ1n) is 10.7. The van der Waals surface area contributed by atoms with Crippen molar-refractivity contribution in [3.8, 4) is 11.3 Å². The normalized spacial score (nSPS) is 17.5. The number of nitrogens with zero attached hydrogens (tertiary/aromatic N) is 6. The molecule has 1 N–H and O–H groups in total. The second-order valence-electron chi connectivity index (χ2n) is 8.34. The molecule has 8 nitrogen and oxygen atoms in total. The van der Waals surface area contributed by atoms with Gasteiger partial charge in [0, 0.05) is 62.4 Å². The Bertz CT molecular complexity index is 1360. The standard InChI is InChI=1S/C23H25ClN6O2/c1-15-11-29-13-17(9-19(24)23(29)25-15)20-10-22(32)30-14-18(3-4-21(30)26-20)28-6-5-27(7-8-31)16(2)12-28/h3-4,9-11,13-14,16,31H,5-8,12H2,1-2H3/t16-/m0/s1. The van der Waals surface area contributed by atoms with Crippen LogP contribution in [-0.4, -0.2) is 67.6 Å². The van der Waals surface area contributed by atoms with Crippen LogP contribution in [0.25, 0.3) is 22.6 Å². The van der Waals surface area contributed by atoms with Crippen LogP contribution in [0.3, 0.4) is 0 Å². The first kappa shape index (κ1) is 20.9. The second kappa shape index (κ2) is 8.20. The molecule has 1 saturated heterocycles. The number of imidazole rings is 1. The van der Waals surface area contributed by atoms with E-state index in [1.165, 1.54) is 0 Å². The molecule has 0 aliphatic carbocycles. The summed E-state index contributed by atoms with van der Waals surface area (Å²) < 4.78 is 3.45. The summed E-state index contributed by atoms with van der Waals surface area (Å²) in [6.07, 6.45) is 5.64. The quantitative estimate of drug-likeness (QED) is 0.512. The lowest BCUT2D eigenvalue weighted by Crippen LogP contribution is -2.52. The molecule has 0 saturated carbocycles. The predicted octanol–water partition coefficient (Wildman–Crippen LogP) is 2.47. The number of aryl methyl sites for hydroxylation is 1. The summed E-state index contributed by atoms with van der Waals surface area (Å²) in [6, 6.07) is 7.56. The maximum Gasteiger partial charge on any atom is 0.258 e. The van der Waals surface area contributed by atoms with Crippen molar-refractivity contribution in [1.82, 2.24) is 23.7 Å². The number of hydrogen-bond acceptors (Lipinski definition) is 6. The molecule has 5 rings (SSSR count). The largest absolute Gasteiger partial charge is 0.395 e. The third-order valence-corrected chi connectivity index (χ3v) is 6.36. The average Bonchev–Trinajstić information content (AvgIpc) is 3.16. The van der Waals surface area contributed by atoms with Crippen LogP contribution < -0.4 is 10.5 Å². The minimum absolute atomic E-state index is 0.142. The van der Waals surface area contributed by atoms with Crippen LogP contribution in [0.1, 0.15) is 12.6 Å². The Hall–Kier alpha value is -2.94. The molecule has 0 bridgehead atoms. The number of hydrogen-bond donors (Lipinski definition) is 1. The van der Waals surface area contributed by atoms with E-state index in [-0.39, 0.29) is 12.2 Å². The molecule has 4 aromatic rings. The predicted molar refractivity (Wildman–Crippen MR) is 126 cm³/mol. The van der Waals surface area contributed by atoms with E-state index in [2.05, 4.69) is 21.7 Å². The van der Waals surface area contributed by atoms with Crippen LogP contribution in [0.5, 0.6) is 0 Å². The first-order chi connectivity index (χ1) is 15.4. The van der Waals surface area contributed by atoms with Gasteiger partial charge in [0.05, 0.1) is 28.7 Å².